The largest absolute Gasteiger partial charge is 0.396 e. The van der Waals surface area contributed by atoms with Crippen LogP contribution in [0.15, 0.2) is 11.6 Å². The molecular formula is C28H52N4O4. The van der Waals surface area contributed by atoms with Gasteiger partial charge in [-0.1, -0.05) is 40.2 Å². The Labute approximate surface area is 219 Å². The lowest BCUT2D eigenvalue weighted by Crippen LogP contribution is -2.58. The lowest BCUT2D eigenvalue weighted by atomic mass is 9.95. The smallest absolute Gasteiger partial charge is 0.246 e. The van der Waals surface area contributed by atoms with E-state index in [9.17, 15) is 14.4 Å². The summed E-state index contributed by atoms with van der Waals surface area (Å²) in [4.78, 5) is 43.4. The third kappa shape index (κ3) is 9.85. The highest BCUT2D eigenvalue weighted by atomic mass is 16.3. The van der Waals surface area contributed by atoms with Crippen molar-refractivity contribution in [2.45, 2.75) is 111 Å². The van der Waals surface area contributed by atoms with E-state index in [1.54, 1.807) is 18.9 Å². The predicted molar refractivity (Wildman–Crippen MR) is 145 cm³/mol. The molecular weight excluding hydrogens is 456 g/mol. The molecule has 0 spiro atoms. The van der Waals surface area contributed by atoms with Gasteiger partial charge in [0.05, 0.1) is 12.1 Å². The number of nitrogens with zero attached hydrogens (tertiary/aromatic N) is 2. The molecule has 8 nitrogen and oxygen atoms in total. The normalized spacial score (nSPS) is 18.9. The highest BCUT2D eigenvalue weighted by Gasteiger charge is 2.35. The van der Waals surface area contributed by atoms with E-state index in [0.717, 1.165) is 45.1 Å². The van der Waals surface area contributed by atoms with E-state index >= 15 is 0 Å². The first-order valence-corrected chi connectivity index (χ1v) is 13.8. The van der Waals surface area contributed by atoms with Crippen molar-refractivity contribution < 1.29 is 19.5 Å². The maximum atomic E-state index is 13.6. The number of likely N-dealkylation sites (N-methyl/N-ethyl adjacent to an activating group) is 1. The predicted octanol–water partition coefficient (Wildman–Crippen LogP) is 3.10. The number of unbranched alkanes of at least 4 members (excludes halogenated alkanes) is 2. The van der Waals surface area contributed by atoms with Crippen LogP contribution in [-0.4, -0.2) is 83.5 Å². The van der Waals surface area contributed by atoms with E-state index in [0.29, 0.717) is 12.1 Å². The Morgan fingerprint density at radius 1 is 1.03 bits per heavy atom. The van der Waals surface area contributed by atoms with Gasteiger partial charge in [0.25, 0.3) is 0 Å². The fourth-order valence-electron chi connectivity index (χ4n) is 4.82. The Bertz CT molecular complexity index is 735. The molecule has 3 N–H and O–H groups in total. The number of carbonyl (C=O) groups is 3. The molecule has 3 atom stereocenters. The van der Waals surface area contributed by atoms with Crippen LogP contribution in [0.3, 0.4) is 0 Å². The van der Waals surface area contributed by atoms with Crippen molar-refractivity contribution >= 4 is 17.7 Å². The van der Waals surface area contributed by atoms with E-state index < -0.39 is 6.04 Å². The molecule has 0 saturated carbocycles. The second-order valence-electron chi connectivity index (χ2n) is 11.1. The molecule has 3 amide bonds. The van der Waals surface area contributed by atoms with Crippen molar-refractivity contribution in [3.63, 3.8) is 0 Å². The number of nitrogens with one attached hydrogen (secondary N) is 2. The number of aliphatic hydroxyl groups excluding tert-OH is 1. The number of carbonyl (C=O) groups excluding carboxylic acids is 3. The highest BCUT2D eigenvalue weighted by Crippen LogP contribution is 2.21. The summed E-state index contributed by atoms with van der Waals surface area (Å²) in [5.41, 5.74) is 0.565. The number of likely N-dealkylation sites (tertiary alicyclic amines) is 1. The third-order valence-corrected chi connectivity index (χ3v) is 7.12. The topological polar surface area (TPSA) is 102 Å². The summed E-state index contributed by atoms with van der Waals surface area (Å²) in [6.45, 7) is 15.6. The lowest BCUT2D eigenvalue weighted by Gasteiger charge is -2.39. The van der Waals surface area contributed by atoms with Gasteiger partial charge >= 0.3 is 0 Å². The fraction of sp³-hybridized carbons (Fsp3) is 0.821. The number of hydrogen-bond acceptors (Lipinski definition) is 5. The molecule has 0 aromatic carbocycles. The second kappa shape index (κ2) is 16.0. The molecule has 1 heterocycles. The third-order valence-electron chi connectivity index (χ3n) is 7.12. The van der Waals surface area contributed by atoms with Crippen LogP contribution < -0.4 is 10.6 Å². The van der Waals surface area contributed by atoms with Crippen LogP contribution in [-0.2, 0) is 14.4 Å². The van der Waals surface area contributed by atoms with E-state index in [-0.39, 0.29) is 54.3 Å². The molecule has 0 bridgehead atoms. The molecule has 1 saturated heterocycles. The van der Waals surface area contributed by atoms with Crippen LogP contribution in [0.2, 0.25) is 0 Å². The van der Waals surface area contributed by atoms with E-state index in [2.05, 4.69) is 29.4 Å². The first-order chi connectivity index (χ1) is 16.9. The SMILES string of the molecule is CC(=C[C@H](C(C)C)N(C)C(=O)[C@@H](NC(=O)C1CCCCN1C(C)C)C(C)C)C(=O)NCCCCCO. The average molecular weight is 509 g/mol. The Morgan fingerprint density at radius 2 is 1.69 bits per heavy atom. The molecule has 36 heavy (non-hydrogen) atoms. The molecule has 1 aliphatic heterocycles. The van der Waals surface area contributed by atoms with Crippen molar-refractivity contribution in [3.05, 3.63) is 11.6 Å². The minimum absolute atomic E-state index is 0.0694. The molecule has 1 unspecified atom stereocenters. The molecule has 0 aromatic rings. The summed E-state index contributed by atoms with van der Waals surface area (Å²) in [5.74, 6) is -0.343. The van der Waals surface area contributed by atoms with Crippen LogP contribution in [0.1, 0.15) is 87.0 Å². The summed E-state index contributed by atoms with van der Waals surface area (Å²) in [6.07, 6.45) is 7.19. The number of hydrogen-bond donors (Lipinski definition) is 3. The van der Waals surface area contributed by atoms with Gasteiger partial charge in [-0.25, -0.2) is 0 Å². The van der Waals surface area contributed by atoms with Gasteiger partial charge in [-0.05, 0) is 71.3 Å². The number of amides is 3. The zero-order chi connectivity index (χ0) is 27.4. The van der Waals surface area contributed by atoms with Gasteiger partial charge in [0.1, 0.15) is 6.04 Å². The van der Waals surface area contributed by atoms with Crippen molar-refractivity contribution in [1.29, 1.82) is 0 Å². The average Bonchev–Trinajstić information content (AvgIpc) is 2.83. The van der Waals surface area contributed by atoms with E-state index in [1.165, 1.54) is 0 Å². The quantitative estimate of drug-likeness (QED) is 0.247. The van der Waals surface area contributed by atoms with Gasteiger partial charge in [-0.15, -0.1) is 0 Å². The van der Waals surface area contributed by atoms with Crippen LogP contribution >= 0.6 is 0 Å². The summed E-state index contributed by atoms with van der Waals surface area (Å²) >= 11 is 0. The number of rotatable bonds is 14. The van der Waals surface area contributed by atoms with Gasteiger partial charge in [-0.2, -0.15) is 0 Å². The first kappa shape index (κ1) is 32.1. The molecule has 8 heteroatoms. The minimum atomic E-state index is -0.631. The molecule has 1 rings (SSSR count). The summed E-state index contributed by atoms with van der Waals surface area (Å²) < 4.78 is 0. The Balaban J connectivity index is 2.94. The van der Waals surface area contributed by atoms with Crippen molar-refractivity contribution in [3.8, 4) is 0 Å². The monoisotopic (exact) mass is 508 g/mol. The molecule has 1 fully saturated rings. The van der Waals surface area contributed by atoms with Gasteiger partial charge in [-0.3, -0.25) is 19.3 Å². The zero-order valence-corrected chi connectivity index (χ0v) is 24.0. The van der Waals surface area contributed by atoms with Gasteiger partial charge < -0.3 is 20.6 Å². The van der Waals surface area contributed by atoms with Crippen molar-refractivity contribution in [2.24, 2.45) is 11.8 Å². The van der Waals surface area contributed by atoms with Gasteiger partial charge in [0, 0.05) is 31.8 Å². The van der Waals surface area contributed by atoms with Crippen LogP contribution in [0.25, 0.3) is 0 Å². The van der Waals surface area contributed by atoms with Gasteiger partial charge in [0.15, 0.2) is 0 Å². The molecule has 0 aromatic heterocycles. The molecule has 208 valence electrons. The van der Waals surface area contributed by atoms with Crippen LogP contribution in [0.4, 0.5) is 0 Å². The Morgan fingerprint density at radius 3 is 2.25 bits per heavy atom. The molecule has 0 aliphatic carbocycles. The molecule has 0 radical (unpaired) electrons. The van der Waals surface area contributed by atoms with E-state index in [1.807, 2.05) is 33.8 Å². The second-order valence-corrected chi connectivity index (χ2v) is 11.1. The molecule has 1 aliphatic rings. The fourth-order valence-corrected chi connectivity index (χ4v) is 4.82. The van der Waals surface area contributed by atoms with Crippen molar-refractivity contribution in [1.82, 2.24) is 20.4 Å². The summed E-state index contributed by atoms with van der Waals surface area (Å²) in [7, 11) is 1.76. The number of aliphatic hydroxyl groups is 1. The Kier molecular flexibility index (Phi) is 14.3. The van der Waals surface area contributed by atoms with Crippen LogP contribution in [0, 0.1) is 11.8 Å². The van der Waals surface area contributed by atoms with Gasteiger partial charge in [0.2, 0.25) is 17.7 Å². The first-order valence-electron chi connectivity index (χ1n) is 13.8. The standard InChI is InChI=1S/C28H52N4O4/c1-19(2)24(18-22(7)26(34)29-15-11-9-13-17-33)31(8)28(36)25(20(3)4)30-27(35)23-14-10-12-16-32(23)21(5)6/h18-21,23-25,33H,9-17H2,1-8H3,(H,29,34)(H,30,35)/t23?,24-,25+/m1/s1. The summed E-state index contributed by atoms with van der Waals surface area (Å²) in [5, 5.41) is 14.9. The summed E-state index contributed by atoms with van der Waals surface area (Å²) in [6, 6.07) is -0.843. The van der Waals surface area contributed by atoms with Crippen LogP contribution in [0.5, 0.6) is 0 Å². The Hall–Kier alpha value is -1.93. The highest BCUT2D eigenvalue weighted by molar-refractivity contribution is 5.93. The number of piperidine rings is 1. The zero-order valence-electron chi connectivity index (χ0n) is 24.0. The van der Waals surface area contributed by atoms with E-state index in [4.69, 9.17) is 5.11 Å². The lowest BCUT2D eigenvalue weighted by molar-refractivity contribution is -0.140. The minimum Gasteiger partial charge on any atom is -0.396 e. The maximum absolute atomic E-state index is 13.6. The maximum Gasteiger partial charge on any atom is 0.246 e. The van der Waals surface area contributed by atoms with Crippen molar-refractivity contribution in [2.75, 3.05) is 26.7 Å².